The number of rotatable bonds is 9. The molecule has 1 amide bonds. The highest BCUT2D eigenvalue weighted by Crippen LogP contribution is 2.19. The summed E-state index contributed by atoms with van der Waals surface area (Å²) in [4.78, 5) is 11.9. The van der Waals surface area contributed by atoms with E-state index < -0.39 is 15.1 Å². The zero-order valence-electron chi connectivity index (χ0n) is 14.6. The average molecular weight is 379 g/mol. The summed E-state index contributed by atoms with van der Waals surface area (Å²) in [6.07, 6.45) is 5.20. The molecule has 0 radical (unpaired) electrons. The molecule has 1 aromatic heterocycles. The fourth-order valence-electron chi connectivity index (χ4n) is 1.97. The number of carbonyl (C=O) groups excluding carboxylic acids is 1. The Kier molecular flexibility index (Phi) is 6.90. The minimum absolute atomic E-state index is 0.146. The molecule has 0 unspecified atom stereocenters. The van der Waals surface area contributed by atoms with Gasteiger partial charge in [0.25, 0.3) is 0 Å². The molecule has 0 aliphatic carbocycles. The highest BCUT2D eigenvalue weighted by atomic mass is 32.2. The van der Waals surface area contributed by atoms with Crippen molar-refractivity contribution in [3.63, 3.8) is 0 Å². The summed E-state index contributed by atoms with van der Waals surface area (Å²) in [5, 5.41) is 9.32. The van der Waals surface area contributed by atoms with Crippen molar-refractivity contribution in [2.75, 3.05) is 19.4 Å². The number of hydrogen-bond donors (Lipinski definition) is 1. The van der Waals surface area contributed by atoms with Crippen LogP contribution in [0.5, 0.6) is 5.75 Å². The maximum atomic E-state index is 11.9. The number of hydrogen-bond acceptors (Lipinski definition) is 7. The fraction of sp³-hybridized carbons (Fsp3) is 0.353. The molecule has 0 saturated heterocycles. The summed E-state index contributed by atoms with van der Waals surface area (Å²) in [5.41, 5.74) is 0.811. The van der Waals surface area contributed by atoms with E-state index in [9.17, 15) is 13.2 Å². The molecule has 0 aliphatic rings. The van der Waals surface area contributed by atoms with Gasteiger partial charge in [-0.25, -0.2) is 8.42 Å². The van der Waals surface area contributed by atoms with E-state index in [1.807, 2.05) is 31.2 Å². The van der Waals surface area contributed by atoms with Gasteiger partial charge in [0, 0.05) is 30.9 Å². The van der Waals surface area contributed by atoms with E-state index in [2.05, 4.69) is 15.5 Å². The van der Waals surface area contributed by atoms with E-state index in [0.717, 1.165) is 24.0 Å². The van der Waals surface area contributed by atoms with Gasteiger partial charge in [-0.05, 0) is 18.6 Å². The summed E-state index contributed by atoms with van der Waals surface area (Å²) in [5.74, 6) is 0.573. The smallest absolute Gasteiger partial charge is 0.335 e. The van der Waals surface area contributed by atoms with E-state index in [4.69, 9.17) is 9.15 Å². The fourth-order valence-corrected chi connectivity index (χ4v) is 2.40. The van der Waals surface area contributed by atoms with Crippen LogP contribution in [0.15, 0.2) is 40.0 Å². The number of para-hydroxylation sites is 1. The van der Waals surface area contributed by atoms with Gasteiger partial charge in [-0.3, -0.25) is 4.79 Å². The van der Waals surface area contributed by atoms with Gasteiger partial charge < -0.3 is 14.5 Å². The Bertz CT molecular complexity index is 874. The molecule has 9 heteroatoms. The first-order valence-electron chi connectivity index (χ1n) is 8.10. The van der Waals surface area contributed by atoms with Crippen molar-refractivity contribution >= 4 is 21.8 Å². The highest BCUT2D eigenvalue weighted by Gasteiger charge is 2.16. The zero-order chi connectivity index (χ0) is 19.0. The van der Waals surface area contributed by atoms with Crippen molar-refractivity contribution in [3.8, 4) is 5.75 Å². The molecule has 1 N–H and O–H groups in total. The van der Waals surface area contributed by atoms with Gasteiger partial charge in [-0.15, -0.1) is 5.10 Å². The predicted molar refractivity (Wildman–Crippen MR) is 95.4 cm³/mol. The van der Waals surface area contributed by atoms with E-state index in [-0.39, 0.29) is 24.8 Å². The van der Waals surface area contributed by atoms with Gasteiger partial charge in [0.05, 0.1) is 6.61 Å². The molecule has 140 valence electrons. The van der Waals surface area contributed by atoms with Gasteiger partial charge in [0.15, 0.2) is 0 Å². The van der Waals surface area contributed by atoms with Crippen LogP contribution in [-0.4, -0.2) is 43.9 Å². The van der Waals surface area contributed by atoms with Gasteiger partial charge in [0.2, 0.25) is 21.6 Å². The summed E-state index contributed by atoms with van der Waals surface area (Å²) < 4.78 is 33.2. The molecular weight excluding hydrogens is 358 g/mol. The first kappa shape index (κ1) is 19.6. The second-order valence-corrected chi connectivity index (χ2v) is 7.39. The molecule has 0 atom stereocenters. The summed E-state index contributed by atoms with van der Waals surface area (Å²) >= 11 is 0. The van der Waals surface area contributed by atoms with Crippen LogP contribution in [0.25, 0.3) is 6.08 Å². The number of benzene rings is 1. The minimum atomic E-state index is -3.52. The first-order valence-corrected chi connectivity index (χ1v) is 9.99. The standard InChI is InChI=1S/C17H21N3O5S/c1-3-12-24-14-7-5-4-6-13(14)8-9-15(21)18-11-10-16-19-20-17(25-16)26(2,22)23/h4-9H,3,10-12H2,1-2H3,(H,18,21)/b9-8+. The third-order valence-electron chi connectivity index (χ3n) is 3.20. The van der Waals surface area contributed by atoms with E-state index in [1.54, 1.807) is 6.08 Å². The lowest BCUT2D eigenvalue weighted by atomic mass is 10.2. The Morgan fingerprint density at radius 3 is 2.77 bits per heavy atom. The Morgan fingerprint density at radius 2 is 2.08 bits per heavy atom. The highest BCUT2D eigenvalue weighted by molar-refractivity contribution is 7.90. The number of nitrogens with zero attached hydrogens (tertiary/aromatic N) is 2. The summed E-state index contributed by atoms with van der Waals surface area (Å²) in [7, 11) is -3.52. The minimum Gasteiger partial charge on any atom is -0.493 e. The topological polar surface area (TPSA) is 111 Å². The van der Waals surface area contributed by atoms with Crippen molar-refractivity contribution < 1.29 is 22.4 Å². The quantitative estimate of drug-likeness (QED) is 0.659. The summed E-state index contributed by atoms with van der Waals surface area (Å²) in [6, 6.07) is 7.45. The third kappa shape index (κ3) is 5.99. The molecule has 0 fully saturated rings. The number of nitrogens with one attached hydrogen (secondary N) is 1. The molecule has 0 spiro atoms. The van der Waals surface area contributed by atoms with Crippen LogP contribution in [0.1, 0.15) is 24.8 Å². The molecule has 1 heterocycles. The van der Waals surface area contributed by atoms with Crippen LogP contribution in [0.2, 0.25) is 0 Å². The first-order chi connectivity index (χ1) is 12.4. The van der Waals surface area contributed by atoms with Crippen LogP contribution in [0.3, 0.4) is 0 Å². The SMILES string of the molecule is CCCOc1ccccc1/C=C/C(=O)NCCc1nnc(S(C)(=O)=O)o1. The van der Waals surface area contributed by atoms with Crippen molar-refractivity contribution in [1.29, 1.82) is 0 Å². The van der Waals surface area contributed by atoms with Crippen LogP contribution >= 0.6 is 0 Å². The average Bonchev–Trinajstić information content (AvgIpc) is 3.08. The number of ether oxygens (including phenoxy) is 1. The van der Waals surface area contributed by atoms with Crippen molar-refractivity contribution in [1.82, 2.24) is 15.5 Å². The number of sulfone groups is 1. The van der Waals surface area contributed by atoms with Gasteiger partial charge >= 0.3 is 5.22 Å². The molecular formula is C17H21N3O5S. The molecule has 2 aromatic rings. The lowest BCUT2D eigenvalue weighted by Gasteiger charge is -2.07. The molecule has 26 heavy (non-hydrogen) atoms. The van der Waals surface area contributed by atoms with Crippen LogP contribution in [-0.2, 0) is 21.1 Å². The van der Waals surface area contributed by atoms with E-state index in [1.165, 1.54) is 6.08 Å². The second kappa shape index (κ2) is 9.14. The predicted octanol–water partition coefficient (Wildman–Crippen LogP) is 1.63. The monoisotopic (exact) mass is 379 g/mol. The van der Waals surface area contributed by atoms with Gasteiger partial charge in [-0.1, -0.05) is 30.2 Å². The van der Waals surface area contributed by atoms with Gasteiger partial charge in [-0.2, -0.15) is 0 Å². The van der Waals surface area contributed by atoms with Crippen LogP contribution < -0.4 is 10.1 Å². The van der Waals surface area contributed by atoms with Crippen molar-refractivity contribution in [2.45, 2.75) is 25.0 Å². The number of amides is 1. The molecule has 0 saturated carbocycles. The molecule has 0 bridgehead atoms. The zero-order valence-corrected chi connectivity index (χ0v) is 15.5. The van der Waals surface area contributed by atoms with Gasteiger partial charge in [0.1, 0.15) is 5.75 Å². The largest absolute Gasteiger partial charge is 0.493 e. The Hall–Kier alpha value is -2.68. The number of aromatic nitrogens is 2. The Morgan fingerprint density at radius 1 is 1.31 bits per heavy atom. The Balaban J connectivity index is 1.85. The number of carbonyl (C=O) groups is 1. The molecule has 8 nitrogen and oxygen atoms in total. The van der Waals surface area contributed by atoms with E-state index in [0.29, 0.717) is 6.61 Å². The van der Waals surface area contributed by atoms with Crippen LogP contribution in [0.4, 0.5) is 0 Å². The summed E-state index contributed by atoms with van der Waals surface area (Å²) in [6.45, 7) is 2.87. The second-order valence-electron chi connectivity index (χ2n) is 5.49. The van der Waals surface area contributed by atoms with Crippen molar-refractivity contribution in [3.05, 3.63) is 41.8 Å². The van der Waals surface area contributed by atoms with Crippen molar-refractivity contribution in [2.24, 2.45) is 0 Å². The maximum absolute atomic E-state index is 11.9. The normalized spacial score (nSPS) is 11.6. The van der Waals surface area contributed by atoms with Crippen LogP contribution in [0, 0.1) is 0 Å². The third-order valence-corrected chi connectivity index (χ3v) is 4.00. The molecule has 1 aromatic carbocycles. The Labute approximate surface area is 152 Å². The maximum Gasteiger partial charge on any atom is 0.335 e. The molecule has 2 rings (SSSR count). The molecule has 0 aliphatic heterocycles. The lowest BCUT2D eigenvalue weighted by molar-refractivity contribution is -0.116. The lowest BCUT2D eigenvalue weighted by Crippen LogP contribution is -2.23. The van der Waals surface area contributed by atoms with E-state index >= 15 is 0 Å².